The normalized spacial score (nSPS) is 26.3. The van der Waals surface area contributed by atoms with E-state index in [9.17, 15) is 9.59 Å². The first kappa shape index (κ1) is 18.5. The van der Waals surface area contributed by atoms with Crippen LogP contribution in [0.15, 0.2) is 24.3 Å². The fraction of sp³-hybridized carbons (Fsp3) is 0.600. The second-order valence-corrected chi connectivity index (χ2v) is 8.77. The molecule has 2 N–H and O–H groups in total. The van der Waals surface area contributed by atoms with Gasteiger partial charge >= 0.3 is 6.03 Å². The molecule has 26 heavy (non-hydrogen) atoms. The van der Waals surface area contributed by atoms with Crippen molar-refractivity contribution in [3.8, 4) is 5.75 Å². The Morgan fingerprint density at radius 3 is 2.54 bits per heavy atom. The Morgan fingerprint density at radius 2 is 1.88 bits per heavy atom. The third-order valence-corrected chi connectivity index (χ3v) is 5.48. The molecule has 142 valence electrons. The van der Waals surface area contributed by atoms with E-state index in [0.717, 1.165) is 31.6 Å². The summed E-state index contributed by atoms with van der Waals surface area (Å²) in [6.07, 6.45) is 3.25. The van der Waals surface area contributed by atoms with E-state index in [1.807, 2.05) is 4.90 Å². The van der Waals surface area contributed by atoms with Crippen molar-refractivity contribution in [2.75, 3.05) is 25.5 Å². The van der Waals surface area contributed by atoms with E-state index < -0.39 is 0 Å². The summed E-state index contributed by atoms with van der Waals surface area (Å²) >= 11 is 0. The summed E-state index contributed by atoms with van der Waals surface area (Å²) in [7, 11) is 1.59. The number of hydrogen-bond acceptors (Lipinski definition) is 3. The van der Waals surface area contributed by atoms with Crippen molar-refractivity contribution in [3.63, 3.8) is 0 Å². The lowest BCUT2D eigenvalue weighted by atomic mass is 9.65. The molecule has 1 aromatic carbocycles. The average Bonchev–Trinajstić information content (AvgIpc) is 2.82. The van der Waals surface area contributed by atoms with Gasteiger partial charge in [-0.2, -0.15) is 0 Å². The summed E-state index contributed by atoms with van der Waals surface area (Å²) in [5, 5.41) is 5.41. The topological polar surface area (TPSA) is 70.7 Å². The van der Waals surface area contributed by atoms with E-state index in [1.165, 1.54) is 0 Å². The highest BCUT2D eigenvalue weighted by molar-refractivity contribution is 5.92. The minimum atomic E-state index is -0.378. The first-order valence-electron chi connectivity index (χ1n) is 9.18. The maximum Gasteiger partial charge on any atom is 0.319 e. The molecule has 3 amide bonds. The summed E-state index contributed by atoms with van der Waals surface area (Å²) in [6, 6.07) is 6.97. The quantitative estimate of drug-likeness (QED) is 0.867. The first-order valence-corrected chi connectivity index (χ1v) is 9.18. The molecule has 2 atom stereocenters. The van der Waals surface area contributed by atoms with Gasteiger partial charge in [0.25, 0.3) is 0 Å². The molecule has 1 aromatic rings. The van der Waals surface area contributed by atoms with Crippen molar-refractivity contribution in [3.05, 3.63) is 24.3 Å². The molecule has 0 spiro atoms. The zero-order valence-corrected chi connectivity index (χ0v) is 16.1. The van der Waals surface area contributed by atoms with Crippen LogP contribution in [0.25, 0.3) is 0 Å². The lowest BCUT2D eigenvalue weighted by molar-refractivity contribution is -0.131. The number of benzene rings is 1. The molecule has 0 radical (unpaired) electrons. The van der Waals surface area contributed by atoms with Crippen molar-refractivity contribution < 1.29 is 14.3 Å². The van der Waals surface area contributed by atoms with Crippen LogP contribution in [0.5, 0.6) is 5.75 Å². The highest BCUT2D eigenvalue weighted by Gasteiger charge is 2.50. The molecule has 6 heteroatoms. The minimum Gasteiger partial charge on any atom is -0.497 e. The van der Waals surface area contributed by atoms with Crippen LogP contribution >= 0.6 is 0 Å². The zero-order valence-electron chi connectivity index (χ0n) is 16.1. The van der Waals surface area contributed by atoms with Crippen LogP contribution < -0.4 is 15.4 Å². The summed E-state index contributed by atoms with van der Waals surface area (Å²) in [5.74, 6) is 0.726. The maximum atomic E-state index is 12.6. The number of nitrogens with one attached hydrogen (secondary N) is 2. The largest absolute Gasteiger partial charge is 0.497 e. The number of carbonyl (C=O) groups excluding carboxylic acids is 2. The van der Waals surface area contributed by atoms with Crippen LogP contribution in [0.1, 0.15) is 40.0 Å². The number of ether oxygens (including phenoxy) is 1. The minimum absolute atomic E-state index is 0.00121. The molecule has 1 heterocycles. The van der Waals surface area contributed by atoms with Gasteiger partial charge in [0.1, 0.15) is 5.75 Å². The number of likely N-dealkylation sites (tertiary alicyclic amines) is 1. The van der Waals surface area contributed by atoms with E-state index in [4.69, 9.17) is 4.74 Å². The highest BCUT2D eigenvalue weighted by atomic mass is 16.5. The molecule has 6 nitrogen and oxygen atoms in total. The average molecular weight is 359 g/mol. The second kappa shape index (κ2) is 6.82. The molecule has 0 aromatic heterocycles. The second-order valence-electron chi connectivity index (χ2n) is 8.77. The Kier molecular flexibility index (Phi) is 4.86. The number of fused-ring (bicyclic) bond motifs is 2. The SMILES string of the molecule is COc1ccc(NC(=O)NCC(=O)N2CC3(C)CC2CC(C)(C)C3)cc1. The number of nitrogens with zero attached hydrogens (tertiary/aromatic N) is 1. The van der Waals surface area contributed by atoms with Crippen LogP contribution in [0.4, 0.5) is 10.5 Å². The molecule has 3 rings (SSSR count). The van der Waals surface area contributed by atoms with Crippen LogP contribution in [-0.4, -0.2) is 43.1 Å². The number of urea groups is 1. The molecule has 2 unspecified atom stereocenters. The molecule has 2 aliphatic rings. The summed E-state index contributed by atoms with van der Waals surface area (Å²) in [5.41, 5.74) is 1.13. The molecular formula is C20H29N3O3. The van der Waals surface area contributed by atoms with Crippen molar-refractivity contribution in [2.45, 2.75) is 46.1 Å². The number of anilines is 1. The Labute approximate surface area is 155 Å². The highest BCUT2D eigenvalue weighted by Crippen LogP contribution is 2.52. The van der Waals surface area contributed by atoms with Gasteiger partial charge in [0.05, 0.1) is 13.7 Å². The number of hydrogen-bond donors (Lipinski definition) is 2. The van der Waals surface area contributed by atoms with E-state index in [0.29, 0.717) is 11.7 Å². The first-order chi connectivity index (χ1) is 12.2. The Morgan fingerprint density at radius 1 is 1.19 bits per heavy atom. The van der Waals surface area contributed by atoms with Gasteiger partial charge in [-0.1, -0.05) is 20.8 Å². The summed E-state index contributed by atoms with van der Waals surface area (Å²) in [4.78, 5) is 26.7. The monoisotopic (exact) mass is 359 g/mol. The van der Waals surface area contributed by atoms with Crippen LogP contribution in [0, 0.1) is 10.8 Å². The van der Waals surface area contributed by atoms with E-state index >= 15 is 0 Å². The smallest absolute Gasteiger partial charge is 0.319 e. The van der Waals surface area contributed by atoms with Gasteiger partial charge in [-0.25, -0.2) is 4.79 Å². The van der Waals surface area contributed by atoms with Gasteiger partial charge in [0.2, 0.25) is 5.91 Å². The Balaban J connectivity index is 1.51. The van der Waals surface area contributed by atoms with Crippen LogP contribution in [0.2, 0.25) is 0 Å². The lowest BCUT2D eigenvalue weighted by Crippen LogP contribution is -2.44. The van der Waals surface area contributed by atoms with Crippen molar-refractivity contribution >= 4 is 17.6 Å². The molecule has 1 aliphatic heterocycles. The fourth-order valence-electron chi connectivity index (χ4n) is 4.86. The van der Waals surface area contributed by atoms with Gasteiger partial charge < -0.3 is 20.3 Å². The molecule has 1 saturated carbocycles. The van der Waals surface area contributed by atoms with Crippen molar-refractivity contribution in [1.82, 2.24) is 10.2 Å². The third-order valence-electron chi connectivity index (χ3n) is 5.48. The Bertz CT molecular complexity index is 686. The third kappa shape index (κ3) is 4.11. The maximum absolute atomic E-state index is 12.6. The molecule has 1 saturated heterocycles. The zero-order chi connectivity index (χ0) is 18.9. The lowest BCUT2D eigenvalue weighted by Gasteiger charge is -2.39. The fourth-order valence-corrected chi connectivity index (χ4v) is 4.86. The molecular weight excluding hydrogens is 330 g/mol. The van der Waals surface area contributed by atoms with Gasteiger partial charge in [0.15, 0.2) is 0 Å². The number of methoxy groups -OCH3 is 1. The van der Waals surface area contributed by atoms with Crippen molar-refractivity contribution in [1.29, 1.82) is 0 Å². The predicted molar refractivity (Wildman–Crippen MR) is 101 cm³/mol. The molecule has 2 fully saturated rings. The van der Waals surface area contributed by atoms with Crippen molar-refractivity contribution in [2.24, 2.45) is 10.8 Å². The number of amides is 3. The van der Waals surface area contributed by atoms with E-state index in [1.54, 1.807) is 31.4 Å². The number of rotatable bonds is 4. The van der Waals surface area contributed by atoms with E-state index in [2.05, 4.69) is 31.4 Å². The van der Waals surface area contributed by atoms with Crippen LogP contribution in [0.3, 0.4) is 0 Å². The summed E-state index contributed by atoms with van der Waals surface area (Å²) < 4.78 is 5.09. The van der Waals surface area contributed by atoms with Gasteiger partial charge in [-0.3, -0.25) is 4.79 Å². The predicted octanol–water partition coefficient (Wildman–Crippen LogP) is 3.24. The summed E-state index contributed by atoms with van der Waals surface area (Å²) in [6.45, 7) is 7.66. The van der Waals surface area contributed by atoms with Crippen LogP contribution in [-0.2, 0) is 4.79 Å². The number of carbonyl (C=O) groups is 2. The molecule has 2 bridgehead atoms. The van der Waals surface area contributed by atoms with E-state index in [-0.39, 0.29) is 29.3 Å². The molecule has 1 aliphatic carbocycles. The van der Waals surface area contributed by atoms with Gasteiger partial charge in [-0.15, -0.1) is 0 Å². The Hall–Kier alpha value is -2.24. The van der Waals surface area contributed by atoms with Gasteiger partial charge in [-0.05, 0) is 54.4 Å². The standard InChI is InChI=1S/C20H29N3O3/c1-19(2)9-15-10-20(3,12-19)13-23(15)17(24)11-21-18(25)22-14-5-7-16(26-4)8-6-14/h5-8,15H,9-13H2,1-4H3,(H2,21,22,25). The van der Waals surface area contributed by atoms with Gasteiger partial charge in [0, 0.05) is 18.3 Å².